The predicted molar refractivity (Wildman–Crippen MR) is 125 cm³/mol. The monoisotopic (exact) mass is 423 g/mol. The molecule has 3 aromatic carbocycles. The van der Waals surface area contributed by atoms with E-state index in [9.17, 15) is 9.59 Å². The minimum absolute atomic E-state index is 0.151. The largest absolute Gasteiger partial charge is 0.492 e. The lowest BCUT2D eigenvalue weighted by molar-refractivity contribution is -0.122. The van der Waals surface area contributed by atoms with Crippen LogP contribution in [0.15, 0.2) is 97.1 Å². The number of hydrogen-bond donors (Lipinski definition) is 0. The van der Waals surface area contributed by atoms with E-state index in [1.807, 2.05) is 85.8 Å². The Hall–Kier alpha value is -3.66. The van der Waals surface area contributed by atoms with E-state index in [1.165, 1.54) is 4.90 Å². The van der Waals surface area contributed by atoms with Crippen LogP contribution in [-0.2, 0) is 9.59 Å². The van der Waals surface area contributed by atoms with Crippen LogP contribution in [-0.4, -0.2) is 18.4 Å². The molecule has 160 valence electrons. The molecule has 1 saturated heterocycles. The van der Waals surface area contributed by atoms with Gasteiger partial charge in [0, 0.05) is 11.8 Å². The third kappa shape index (κ3) is 3.32. The molecule has 2 aliphatic rings. The second-order valence-corrected chi connectivity index (χ2v) is 8.22. The lowest BCUT2D eigenvalue weighted by atomic mass is 9.68. The number of amides is 2. The Morgan fingerprint density at radius 3 is 1.66 bits per heavy atom. The highest BCUT2D eigenvalue weighted by Crippen LogP contribution is 2.51. The summed E-state index contributed by atoms with van der Waals surface area (Å²) in [6.45, 7) is 2.35. The molecule has 0 spiro atoms. The highest BCUT2D eigenvalue weighted by Gasteiger charge is 2.55. The summed E-state index contributed by atoms with van der Waals surface area (Å²) in [5.74, 6) is -0.998. The molecule has 4 nitrogen and oxygen atoms in total. The first-order chi connectivity index (χ1) is 15.7. The molecule has 4 heteroatoms. The normalized spacial score (nSPS) is 24.5. The van der Waals surface area contributed by atoms with Crippen LogP contribution in [0.25, 0.3) is 0 Å². The van der Waals surface area contributed by atoms with Crippen LogP contribution in [0.3, 0.4) is 0 Å². The van der Waals surface area contributed by atoms with Gasteiger partial charge in [0.1, 0.15) is 5.75 Å². The molecular weight excluding hydrogens is 398 g/mol. The summed E-state index contributed by atoms with van der Waals surface area (Å²) in [6, 6.07) is 27.3. The second kappa shape index (κ2) is 8.46. The Morgan fingerprint density at radius 2 is 1.16 bits per heavy atom. The van der Waals surface area contributed by atoms with E-state index >= 15 is 0 Å². The van der Waals surface area contributed by atoms with Gasteiger partial charge in [-0.3, -0.25) is 9.59 Å². The SMILES string of the molecule is CCOc1ccccc1N1C(=O)[C@H]2[C@H](C1=O)[C@H](c1ccccc1)C=C[C@H]2c1ccccc1. The summed E-state index contributed by atoms with van der Waals surface area (Å²) in [5.41, 5.74) is 2.62. The third-order valence-electron chi connectivity index (χ3n) is 6.47. The van der Waals surface area contributed by atoms with Crippen molar-refractivity contribution in [1.82, 2.24) is 0 Å². The Morgan fingerprint density at radius 1 is 0.688 bits per heavy atom. The number of hydrogen-bond acceptors (Lipinski definition) is 3. The van der Waals surface area contributed by atoms with Gasteiger partial charge in [-0.25, -0.2) is 4.90 Å². The maximum Gasteiger partial charge on any atom is 0.238 e. The van der Waals surface area contributed by atoms with Gasteiger partial charge in [0.15, 0.2) is 0 Å². The first-order valence-electron chi connectivity index (χ1n) is 11.1. The second-order valence-electron chi connectivity index (χ2n) is 8.22. The highest BCUT2D eigenvalue weighted by atomic mass is 16.5. The lowest BCUT2D eigenvalue weighted by Gasteiger charge is -2.32. The number of anilines is 1. The topological polar surface area (TPSA) is 46.6 Å². The van der Waals surface area contributed by atoms with E-state index in [4.69, 9.17) is 4.74 Å². The number of rotatable bonds is 5. The van der Waals surface area contributed by atoms with E-state index in [0.717, 1.165) is 11.1 Å². The molecule has 1 aliphatic heterocycles. The minimum Gasteiger partial charge on any atom is -0.492 e. The van der Waals surface area contributed by atoms with Crippen LogP contribution in [0.2, 0.25) is 0 Å². The van der Waals surface area contributed by atoms with Gasteiger partial charge in [-0.1, -0.05) is 84.9 Å². The standard InChI is InChI=1S/C28H25NO3/c1-2-32-24-16-10-9-15-23(24)29-27(30)25-21(19-11-5-3-6-12-19)17-18-22(26(25)28(29)31)20-13-7-4-8-14-20/h3-18,21-22,25-26H,2H2,1H3/t21-,22-,25+,26+/m0/s1. The molecule has 32 heavy (non-hydrogen) atoms. The van der Waals surface area contributed by atoms with Crippen molar-refractivity contribution in [3.05, 3.63) is 108 Å². The van der Waals surface area contributed by atoms with E-state index in [2.05, 4.69) is 12.2 Å². The maximum absolute atomic E-state index is 13.9. The maximum atomic E-state index is 13.9. The van der Waals surface area contributed by atoms with Gasteiger partial charge < -0.3 is 4.74 Å². The van der Waals surface area contributed by atoms with E-state index in [1.54, 1.807) is 6.07 Å². The Balaban J connectivity index is 1.63. The summed E-state index contributed by atoms with van der Waals surface area (Å²) >= 11 is 0. The Bertz CT molecular complexity index is 1090. The van der Waals surface area contributed by atoms with E-state index in [-0.39, 0.29) is 23.7 Å². The highest BCUT2D eigenvalue weighted by molar-refractivity contribution is 6.23. The number of benzene rings is 3. The quantitative estimate of drug-likeness (QED) is 0.412. The lowest BCUT2D eigenvalue weighted by Crippen LogP contribution is -2.32. The van der Waals surface area contributed by atoms with Gasteiger partial charge in [0.2, 0.25) is 11.8 Å². The predicted octanol–water partition coefficient (Wildman–Crippen LogP) is 5.33. The zero-order valence-electron chi connectivity index (χ0n) is 17.9. The van der Waals surface area contributed by atoms with Crippen LogP contribution in [0.5, 0.6) is 5.75 Å². The van der Waals surface area contributed by atoms with Crippen molar-refractivity contribution in [3.63, 3.8) is 0 Å². The van der Waals surface area contributed by atoms with E-state index in [0.29, 0.717) is 18.0 Å². The fraction of sp³-hybridized carbons (Fsp3) is 0.214. The molecule has 3 aromatic rings. The number of ether oxygens (including phenoxy) is 1. The molecule has 5 rings (SSSR count). The van der Waals surface area contributed by atoms with Gasteiger partial charge in [0.05, 0.1) is 24.1 Å². The molecule has 0 aromatic heterocycles. The van der Waals surface area contributed by atoms with Crippen molar-refractivity contribution >= 4 is 17.5 Å². The summed E-state index contributed by atoms with van der Waals surface area (Å²) in [4.78, 5) is 29.1. The number of para-hydroxylation sites is 2. The van der Waals surface area contributed by atoms with Crippen LogP contribution in [0.1, 0.15) is 29.9 Å². The molecule has 0 bridgehead atoms. The number of carbonyl (C=O) groups excluding carboxylic acids is 2. The molecule has 0 unspecified atom stereocenters. The van der Waals surface area contributed by atoms with Gasteiger partial charge in [-0.2, -0.15) is 0 Å². The van der Waals surface area contributed by atoms with Crippen molar-refractivity contribution in [2.75, 3.05) is 11.5 Å². The first-order valence-corrected chi connectivity index (χ1v) is 11.1. The van der Waals surface area contributed by atoms with Gasteiger partial charge in [0.25, 0.3) is 0 Å². The van der Waals surface area contributed by atoms with Crippen molar-refractivity contribution in [2.45, 2.75) is 18.8 Å². The third-order valence-corrected chi connectivity index (χ3v) is 6.47. The molecule has 1 fully saturated rings. The average Bonchev–Trinajstić information content (AvgIpc) is 3.11. The molecular formula is C28H25NO3. The minimum atomic E-state index is -0.463. The van der Waals surface area contributed by atoms with Crippen LogP contribution in [0, 0.1) is 11.8 Å². The smallest absolute Gasteiger partial charge is 0.238 e. The van der Waals surface area contributed by atoms with Crippen molar-refractivity contribution in [1.29, 1.82) is 0 Å². The van der Waals surface area contributed by atoms with Crippen molar-refractivity contribution in [3.8, 4) is 5.75 Å². The van der Waals surface area contributed by atoms with Crippen molar-refractivity contribution in [2.24, 2.45) is 11.8 Å². The zero-order chi connectivity index (χ0) is 22.1. The summed E-state index contributed by atoms with van der Waals surface area (Å²) in [6.07, 6.45) is 4.22. The summed E-state index contributed by atoms with van der Waals surface area (Å²) in [7, 11) is 0. The fourth-order valence-corrected chi connectivity index (χ4v) is 5.09. The Labute approximate surface area is 188 Å². The molecule has 0 N–H and O–H groups in total. The van der Waals surface area contributed by atoms with Crippen molar-refractivity contribution < 1.29 is 14.3 Å². The van der Waals surface area contributed by atoms with Crippen LogP contribution < -0.4 is 9.64 Å². The summed E-state index contributed by atoms with van der Waals surface area (Å²) < 4.78 is 5.76. The van der Waals surface area contributed by atoms with Gasteiger partial charge >= 0.3 is 0 Å². The van der Waals surface area contributed by atoms with Crippen LogP contribution >= 0.6 is 0 Å². The van der Waals surface area contributed by atoms with E-state index < -0.39 is 11.8 Å². The number of allylic oxidation sites excluding steroid dienone is 2. The number of fused-ring (bicyclic) bond motifs is 1. The zero-order valence-corrected chi connectivity index (χ0v) is 17.9. The average molecular weight is 424 g/mol. The molecule has 1 aliphatic carbocycles. The number of carbonyl (C=O) groups is 2. The van der Waals surface area contributed by atoms with Gasteiger partial charge in [-0.15, -0.1) is 0 Å². The molecule has 1 heterocycles. The van der Waals surface area contributed by atoms with Crippen LogP contribution in [0.4, 0.5) is 5.69 Å². The number of nitrogens with zero attached hydrogens (tertiary/aromatic N) is 1. The molecule has 0 saturated carbocycles. The molecule has 4 atom stereocenters. The summed E-state index contributed by atoms with van der Waals surface area (Å²) in [5, 5.41) is 0. The van der Waals surface area contributed by atoms with Gasteiger partial charge in [-0.05, 0) is 30.2 Å². The fourth-order valence-electron chi connectivity index (χ4n) is 5.09. The molecule has 0 radical (unpaired) electrons. The first kappa shape index (κ1) is 20.3. The number of imide groups is 1. The molecule has 2 amide bonds. The Kier molecular flexibility index (Phi) is 5.36.